The van der Waals surface area contributed by atoms with Crippen LogP contribution in [0, 0.1) is 6.92 Å². The molecule has 2 nitrogen and oxygen atoms in total. The van der Waals surface area contributed by atoms with Gasteiger partial charge in [0.1, 0.15) is 0 Å². The minimum atomic E-state index is 1.11. The number of fused-ring (bicyclic) bond motifs is 1. The van der Waals surface area contributed by atoms with E-state index in [2.05, 4.69) is 61.3 Å². The molecule has 0 fully saturated rings. The van der Waals surface area contributed by atoms with Crippen molar-refractivity contribution in [3.05, 3.63) is 28.4 Å². The van der Waals surface area contributed by atoms with Crippen molar-refractivity contribution >= 4 is 57.2 Å². The van der Waals surface area contributed by atoms with Gasteiger partial charge in [0.25, 0.3) is 0 Å². The third-order valence-electron chi connectivity index (χ3n) is 1.85. The van der Waals surface area contributed by atoms with Crippen molar-refractivity contribution < 1.29 is 0 Å². The van der Waals surface area contributed by atoms with Gasteiger partial charge in [-0.15, -0.1) is 0 Å². The van der Waals surface area contributed by atoms with E-state index in [1.165, 1.54) is 16.5 Å². The smallest absolute Gasteiger partial charge is 0.0850 e. The molecule has 0 saturated heterocycles. The van der Waals surface area contributed by atoms with Gasteiger partial charge < -0.3 is 0 Å². The van der Waals surface area contributed by atoms with Crippen LogP contribution in [0.15, 0.2) is 22.8 Å². The maximum Gasteiger partial charge on any atom is 0.0850 e. The van der Waals surface area contributed by atoms with Gasteiger partial charge in [-0.05, 0) is 24.6 Å². The third-order valence-corrected chi connectivity index (χ3v) is 3.84. The van der Waals surface area contributed by atoms with E-state index in [1.807, 2.05) is 10.3 Å². The highest BCUT2D eigenvalue weighted by atomic mass is 127. The summed E-state index contributed by atoms with van der Waals surface area (Å²) in [5.41, 5.74) is 2.44. The molecule has 0 aliphatic heterocycles. The molecule has 0 atom stereocenters. The Labute approximate surface area is 101 Å². The van der Waals surface area contributed by atoms with Crippen molar-refractivity contribution in [1.82, 2.24) is 9.19 Å². The van der Waals surface area contributed by atoms with Gasteiger partial charge in [-0.1, -0.05) is 15.9 Å². The van der Waals surface area contributed by atoms with E-state index in [0.29, 0.717) is 0 Å². The molecule has 0 aliphatic carbocycles. The number of hydrogen-bond donors (Lipinski definition) is 0. The summed E-state index contributed by atoms with van der Waals surface area (Å²) in [5, 5.41) is 5.44. The lowest BCUT2D eigenvalue weighted by Crippen LogP contribution is -1.86. The van der Waals surface area contributed by atoms with Crippen molar-refractivity contribution in [2.24, 2.45) is 0 Å². The van der Waals surface area contributed by atoms with Crippen molar-refractivity contribution in [2.75, 3.05) is 0 Å². The van der Waals surface area contributed by atoms with Gasteiger partial charge in [0.05, 0.1) is 11.7 Å². The fourth-order valence-corrected chi connectivity index (χ4v) is 3.23. The minimum Gasteiger partial charge on any atom is -0.196 e. The number of halogens is 2. The lowest BCUT2D eigenvalue weighted by molar-refractivity contribution is 1.04. The molecule has 68 valence electrons. The van der Waals surface area contributed by atoms with E-state index < -0.39 is 0 Å². The van der Waals surface area contributed by atoms with Crippen LogP contribution in [0.4, 0.5) is 0 Å². The van der Waals surface area contributed by atoms with E-state index in [0.717, 1.165) is 4.47 Å². The monoisotopic (exact) mass is 368 g/mol. The first-order chi connectivity index (χ1) is 6.22. The van der Waals surface area contributed by atoms with Crippen molar-refractivity contribution in [3.8, 4) is 0 Å². The number of nitrogens with zero attached hydrogens (tertiary/aromatic N) is 2. The van der Waals surface area contributed by atoms with Crippen molar-refractivity contribution in [2.45, 2.75) is 6.92 Å². The van der Waals surface area contributed by atoms with Gasteiger partial charge in [0, 0.05) is 40.2 Å². The van der Waals surface area contributed by atoms with E-state index in [4.69, 9.17) is 0 Å². The number of aromatic nitrogens is 2. The van der Waals surface area contributed by atoms with Gasteiger partial charge >= 0.3 is 0 Å². The summed E-state index contributed by atoms with van der Waals surface area (Å²) in [5.74, 6) is 0. The first kappa shape index (κ1) is 9.79. The third kappa shape index (κ3) is 1.73. The number of benzene rings is 1. The Morgan fingerprint density at radius 3 is 3.00 bits per heavy atom. The second-order valence-corrected chi connectivity index (χ2v) is 5.33. The molecule has 5 heteroatoms. The normalized spacial score (nSPS) is 11.0. The summed E-state index contributed by atoms with van der Waals surface area (Å²) in [6.45, 7) is 2.10. The first-order valence-electron chi connectivity index (χ1n) is 3.65. The van der Waals surface area contributed by atoms with Crippen LogP contribution in [0.1, 0.15) is 5.56 Å². The van der Waals surface area contributed by atoms with Crippen LogP contribution in [0.5, 0.6) is 0 Å². The topological polar surface area (TPSA) is 17.8 Å². The van der Waals surface area contributed by atoms with Crippen molar-refractivity contribution in [1.29, 1.82) is 0 Å². The molecule has 1 heterocycles. The molecular formula is C8H6BrIN2S. The molecular weight excluding hydrogens is 363 g/mol. The summed E-state index contributed by atoms with van der Waals surface area (Å²) in [7, 11) is 1.59. The molecule has 0 unspecified atom stereocenters. The summed E-state index contributed by atoms with van der Waals surface area (Å²) >= 11 is 5.70. The quantitative estimate of drug-likeness (QED) is 0.709. The Hall–Kier alpha value is 0.250. The Morgan fingerprint density at radius 1 is 1.54 bits per heavy atom. The fraction of sp³-hybridized carbons (Fsp3) is 0.125. The number of aryl methyl sites for hydroxylation is 1. The Balaban J connectivity index is 2.82. The highest BCUT2D eigenvalue weighted by molar-refractivity contribution is 14.2. The maximum absolute atomic E-state index is 4.27. The first-order valence-corrected chi connectivity index (χ1v) is 7.76. The molecule has 0 radical (unpaired) electrons. The number of hydrogen-bond acceptors (Lipinski definition) is 2. The fourth-order valence-electron chi connectivity index (χ4n) is 1.35. The Morgan fingerprint density at radius 2 is 2.31 bits per heavy atom. The lowest BCUT2D eigenvalue weighted by atomic mass is 10.2. The van der Waals surface area contributed by atoms with Crippen molar-refractivity contribution in [3.63, 3.8) is 0 Å². The van der Waals surface area contributed by atoms with E-state index >= 15 is 0 Å². The largest absolute Gasteiger partial charge is 0.196 e. The van der Waals surface area contributed by atoms with Crippen LogP contribution in [0.2, 0.25) is 0 Å². The average molecular weight is 369 g/mol. The predicted molar refractivity (Wildman–Crippen MR) is 69.2 cm³/mol. The SMILES string of the molecule is Cc1cc(Br)cc2cnn(SI)c12. The van der Waals surface area contributed by atoms with Gasteiger partial charge in [0.2, 0.25) is 0 Å². The number of rotatable bonds is 1. The predicted octanol–water partition coefficient (Wildman–Crippen LogP) is 3.95. The Kier molecular flexibility index (Phi) is 2.85. The average Bonchev–Trinajstić information content (AvgIpc) is 2.47. The second-order valence-electron chi connectivity index (χ2n) is 2.75. The molecule has 1 aromatic carbocycles. The summed E-state index contributed by atoms with van der Waals surface area (Å²) in [6, 6.07) is 4.19. The summed E-state index contributed by atoms with van der Waals surface area (Å²) in [6.07, 6.45) is 1.89. The molecule has 0 saturated carbocycles. The molecule has 1 aromatic heterocycles. The van der Waals surface area contributed by atoms with Crippen LogP contribution < -0.4 is 0 Å². The molecule has 0 bridgehead atoms. The van der Waals surface area contributed by atoms with Gasteiger partial charge in [-0.3, -0.25) is 0 Å². The van der Waals surface area contributed by atoms with Crippen LogP contribution in [-0.4, -0.2) is 9.19 Å². The molecule has 13 heavy (non-hydrogen) atoms. The molecule has 0 aliphatic rings. The highest BCUT2D eigenvalue weighted by Gasteiger charge is 2.06. The Bertz CT molecular complexity index is 455. The molecule has 2 rings (SSSR count). The van der Waals surface area contributed by atoms with E-state index in [9.17, 15) is 0 Å². The van der Waals surface area contributed by atoms with Crippen LogP contribution in [-0.2, 0) is 0 Å². The van der Waals surface area contributed by atoms with E-state index in [1.54, 1.807) is 9.12 Å². The molecule has 0 amide bonds. The highest BCUT2D eigenvalue weighted by Crippen LogP contribution is 2.28. The van der Waals surface area contributed by atoms with Crippen LogP contribution in [0.3, 0.4) is 0 Å². The maximum atomic E-state index is 4.27. The lowest BCUT2D eigenvalue weighted by Gasteiger charge is -2.00. The van der Waals surface area contributed by atoms with Gasteiger partial charge in [-0.25, -0.2) is 0 Å². The zero-order valence-corrected chi connectivity index (χ0v) is 11.4. The van der Waals surface area contributed by atoms with E-state index in [-0.39, 0.29) is 0 Å². The summed E-state index contributed by atoms with van der Waals surface area (Å²) < 4.78 is 3.04. The molecule has 0 N–H and O–H groups in total. The minimum absolute atomic E-state index is 1.11. The zero-order chi connectivity index (χ0) is 9.42. The summed E-state index contributed by atoms with van der Waals surface area (Å²) in [4.78, 5) is 0. The van der Waals surface area contributed by atoms with Gasteiger partial charge in [0.15, 0.2) is 0 Å². The second kappa shape index (κ2) is 3.78. The van der Waals surface area contributed by atoms with Crippen LogP contribution >= 0.6 is 46.3 Å². The van der Waals surface area contributed by atoms with Gasteiger partial charge in [-0.2, -0.15) is 9.19 Å². The zero-order valence-electron chi connectivity index (χ0n) is 6.79. The van der Waals surface area contributed by atoms with Crippen LogP contribution in [0.25, 0.3) is 10.9 Å². The molecule has 0 spiro atoms. The molecule has 2 aromatic rings. The standard InChI is InChI=1S/C8H6BrIN2S/c1-5-2-7(9)3-6-4-11-12(13-10)8(5)6/h2-4H,1H3.